The Balaban J connectivity index is 1.79. The van der Waals surface area contributed by atoms with Crippen LogP contribution in [-0.4, -0.2) is 5.11 Å². The summed E-state index contributed by atoms with van der Waals surface area (Å²) >= 11 is 8.95. The smallest absolute Gasteiger partial charge is 0.171 e. The molecule has 0 atom stereocenters. The van der Waals surface area contributed by atoms with Crippen LogP contribution in [0, 0.1) is 0 Å². The Morgan fingerprint density at radius 1 is 0.750 bits per heavy atom. The van der Waals surface area contributed by atoms with Crippen molar-refractivity contribution < 1.29 is 0 Å². The van der Waals surface area contributed by atoms with Crippen LogP contribution < -0.4 is 10.6 Å². The van der Waals surface area contributed by atoms with Crippen LogP contribution >= 0.6 is 28.1 Å². The third-order valence-corrected chi connectivity index (χ3v) is 4.39. The van der Waals surface area contributed by atoms with Crippen LogP contribution in [0.1, 0.15) is 17.2 Å². The number of halogens is 1. The van der Waals surface area contributed by atoms with Crippen molar-refractivity contribution in [2.24, 2.45) is 0 Å². The number of thiocarbonyl (C=S) groups is 1. The zero-order valence-corrected chi connectivity index (χ0v) is 15.3. The van der Waals surface area contributed by atoms with Gasteiger partial charge in [-0.1, -0.05) is 76.6 Å². The van der Waals surface area contributed by atoms with Gasteiger partial charge < -0.3 is 10.6 Å². The van der Waals surface area contributed by atoms with E-state index in [-0.39, 0.29) is 6.04 Å². The van der Waals surface area contributed by atoms with E-state index in [1.54, 1.807) is 0 Å². The number of hydrogen-bond donors (Lipinski definition) is 2. The highest BCUT2D eigenvalue weighted by Crippen LogP contribution is 2.22. The molecule has 24 heavy (non-hydrogen) atoms. The van der Waals surface area contributed by atoms with Crippen LogP contribution in [0.3, 0.4) is 0 Å². The summed E-state index contributed by atoms with van der Waals surface area (Å²) in [5.74, 6) is 0. The summed E-state index contributed by atoms with van der Waals surface area (Å²) in [6.45, 7) is 0. The standard InChI is InChI=1S/C20H17BrN2S/c21-17-11-13-18(14-12-17)22-20(24)23-19(15-7-3-1-4-8-15)16-9-5-2-6-10-16/h1-14,19H,(H2,22,23,24). The lowest BCUT2D eigenvalue weighted by Gasteiger charge is -2.22. The first-order valence-corrected chi connectivity index (χ1v) is 8.85. The first-order chi connectivity index (χ1) is 11.7. The normalized spacial score (nSPS) is 10.4. The number of nitrogens with one attached hydrogen (secondary N) is 2. The summed E-state index contributed by atoms with van der Waals surface area (Å²) in [5.41, 5.74) is 3.29. The van der Waals surface area contributed by atoms with Crippen LogP contribution in [0.2, 0.25) is 0 Å². The molecule has 0 aliphatic heterocycles. The van der Waals surface area contributed by atoms with Gasteiger partial charge in [0.2, 0.25) is 0 Å². The Morgan fingerprint density at radius 2 is 1.25 bits per heavy atom. The van der Waals surface area contributed by atoms with E-state index in [1.165, 1.54) is 11.1 Å². The molecule has 0 heterocycles. The summed E-state index contributed by atoms with van der Waals surface area (Å²) < 4.78 is 1.04. The van der Waals surface area contributed by atoms with E-state index in [1.807, 2.05) is 60.7 Å². The minimum atomic E-state index is 0.00264. The van der Waals surface area contributed by atoms with E-state index in [9.17, 15) is 0 Å². The lowest BCUT2D eigenvalue weighted by molar-refractivity contribution is 0.769. The van der Waals surface area contributed by atoms with Crippen molar-refractivity contribution in [1.82, 2.24) is 5.32 Å². The fourth-order valence-corrected chi connectivity index (χ4v) is 2.98. The molecule has 120 valence electrons. The summed E-state index contributed by atoms with van der Waals surface area (Å²) in [5, 5.41) is 7.25. The van der Waals surface area contributed by atoms with Crippen LogP contribution in [0.15, 0.2) is 89.4 Å². The maximum absolute atomic E-state index is 5.51. The third-order valence-electron chi connectivity index (χ3n) is 3.64. The lowest BCUT2D eigenvalue weighted by Crippen LogP contribution is -2.32. The predicted octanol–water partition coefficient (Wildman–Crippen LogP) is 5.53. The Kier molecular flexibility index (Phi) is 5.62. The van der Waals surface area contributed by atoms with Gasteiger partial charge >= 0.3 is 0 Å². The van der Waals surface area contributed by atoms with Crippen LogP contribution in [0.25, 0.3) is 0 Å². The van der Waals surface area contributed by atoms with Gasteiger partial charge in [0.15, 0.2) is 5.11 Å². The van der Waals surface area contributed by atoms with Gasteiger partial charge in [0.1, 0.15) is 0 Å². The van der Waals surface area contributed by atoms with Crippen molar-refractivity contribution in [2.45, 2.75) is 6.04 Å². The third kappa shape index (κ3) is 4.43. The first kappa shape index (κ1) is 16.7. The minimum Gasteiger partial charge on any atom is -0.352 e. The quantitative estimate of drug-likeness (QED) is 0.567. The molecule has 0 aliphatic rings. The summed E-state index contributed by atoms with van der Waals surface area (Å²) in [7, 11) is 0. The van der Waals surface area contributed by atoms with E-state index in [0.29, 0.717) is 5.11 Å². The Bertz CT molecular complexity index is 749. The summed E-state index contributed by atoms with van der Waals surface area (Å²) in [6, 6.07) is 28.5. The van der Waals surface area contributed by atoms with Gasteiger partial charge in [-0.05, 0) is 47.6 Å². The minimum absolute atomic E-state index is 0.00264. The zero-order valence-electron chi connectivity index (χ0n) is 12.9. The maximum Gasteiger partial charge on any atom is 0.171 e. The van der Waals surface area contributed by atoms with E-state index < -0.39 is 0 Å². The molecule has 0 fully saturated rings. The van der Waals surface area contributed by atoms with Gasteiger partial charge in [0.25, 0.3) is 0 Å². The van der Waals surface area contributed by atoms with Crippen LogP contribution in [0.4, 0.5) is 5.69 Å². The van der Waals surface area contributed by atoms with Gasteiger partial charge in [-0.3, -0.25) is 0 Å². The fourth-order valence-electron chi connectivity index (χ4n) is 2.48. The molecule has 2 N–H and O–H groups in total. The van der Waals surface area contributed by atoms with Crippen molar-refractivity contribution >= 4 is 38.9 Å². The second-order valence-corrected chi connectivity index (χ2v) is 6.68. The van der Waals surface area contributed by atoms with E-state index >= 15 is 0 Å². The molecule has 3 aromatic carbocycles. The number of benzene rings is 3. The van der Waals surface area contributed by atoms with Crippen molar-refractivity contribution in [3.05, 3.63) is 101 Å². The fraction of sp³-hybridized carbons (Fsp3) is 0.0500. The van der Waals surface area contributed by atoms with E-state index in [2.05, 4.69) is 50.8 Å². The monoisotopic (exact) mass is 396 g/mol. The summed E-state index contributed by atoms with van der Waals surface area (Å²) in [4.78, 5) is 0. The second-order valence-electron chi connectivity index (χ2n) is 5.36. The highest BCUT2D eigenvalue weighted by molar-refractivity contribution is 9.10. The molecule has 2 nitrogen and oxygen atoms in total. The molecule has 0 amide bonds. The average Bonchev–Trinajstić information content (AvgIpc) is 2.63. The molecule has 4 heteroatoms. The SMILES string of the molecule is S=C(Nc1ccc(Br)cc1)NC(c1ccccc1)c1ccccc1. The van der Waals surface area contributed by atoms with Gasteiger partial charge in [-0.25, -0.2) is 0 Å². The number of rotatable bonds is 4. The first-order valence-electron chi connectivity index (χ1n) is 7.65. The Labute approximate surface area is 156 Å². The topological polar surface area (TPSA) is 24.1 Å². The predicted molar refractivity (Wildman–Crippen MR) is 108 cm³/mol. The second kappa shape index (κ2) is 8.08. The van der Waals surface area contributed by atoms with Crippen molar-refractivity contribution in [3.8, 4) is 0 Å². The van der Waals surface area contributed by atoms with Crippen molar-refractivity contribution in [3.63, 3.8) is 0 Å². The molecular weight excluding hydrogens is 380 g/mol. The van der Waals surface area contributed by atoms with Gasteiger partial charge in [-0.2, -0.15) is 0 Å². The maximum atomic E-state index is 5.51. The molecular formula is C20H17BrN2S. The van der Waals surface area contributed by atoms with E-state index in [4.69, 9.17) is 12.2 Å². The van der Waals surface area contributed by atoms with Gasteiger partial charge in [-0.15, -0.1) is 0 Å². The molecule has 3 rings (SSSR count). The molecule has 0 spiro atoms. The molecule has 0 unspecified atom stereocenters. The molecule has 0 aromatic heterocycles. The van der Waals surface area contributed by atoms with Gasteiger partial charge in [0.05, 0.1) is 6.04 Å². The number of hydrogen-bond acceptors (Lipinski definition) is 1. The van der Waals surface area contributed by atoms with Crippen LogP contribution in [0.5, 0.6) is 0 Å². The lowest BCUT2D eigenvalue weighted by atomic mass is 9.99. The molecule has 3 aromatic rings. The van der Waals surface area contributed by atoms with Gasteiger partial charge in [0, 0.05) is 10.2 Å². The molecule has 0 bridgehead atoms. The van der Waals surface area contributed by atoms with Crippen molar-refractivity contribution in [1.29, 1.82) is 0 Å². The van der Waals surface area contributed by atoms with E-state index in [0.717, 1.165) is 10.2 Å². The number of anilines is 1. The molecule has 0 saturated carbocycles. The average molecular weight is 397 g/mol. The molecule has 0 radical (unpaired) electrons. The summed E-state index contributed by atoms with van der Waals surface area (Å²) in [6.07, 6.45) is 0. The highest BCUT2D eigenvalue weighted by atomic mass is 79.9. The highest BCUT2D eigenvalue weighted by Gasteiger charge is 2.14. The molecule has 0 aliphatic carbocycles. The zero-order chi connectivity index (χ0) is 16.8. The Morgan fingerprint density at radius 3 is 1.75 bits per heavy atom. The largest absolute Gasteiger partial charge is 0.352 e. The molecule has 0 saturated heterocycles. The van der Waals surface area contributed by atoms with Crippen LogP contribution in [-0.2, 0) is 0 Å². The Hall–Kier alpha value is -2.17. The van der Waals surface area contributed by atoms with Crippen molar-refractivity contribution in [2.75, 3.05) is 5.32 Å².